The lowest BCUT2D eigenvalue weighted by atomic mass is 9.93. The van der Waals surface area contributed by atoms with Gasteiger partial charge in [-0.15, -0.1) is 0 Å². The lowest BCUT2D eigenvalue weighted by Crippen LogP contribution is -2.42. The molecule has 2 unspecified atom stereocenters. The second kappa shape index (κ2) is 11.4. The minimum absolute atomic E-state index is 0.0759. The van der Waals surface area contributed by atoms with Crippen LogP contribution >= 0.6 is 0 Å². The van der Waals surface area contributed by atoms with Gasteiger partial charge in [-0.2, -0.15) is 0 Å². The molecule has 3 nitrogen and oxygen atoms in total. The topological polar surface area (TPSA) is 42.6 Å². The molecular weight excluding hydrogens is 508 g/mol. The summed E-state index contributed by atoms with van der Waals surface area (Å²) in [7, 11) is -2.08. The molecule has 4 heteroatoms. The van der Waals surface area contributed by atoms with Gasteiger partial charge in [0.05, 0.1) is 12.2 Å². The van der Waals surface area contributed by atoms with Gasteiger partial charge in [0.2, 0.25) is 0 Å². The van der Waals surface area contributed by atoms with E-state index in [0.717, 1.165) is 46.8 Å². The molecule has 4 aromatic carbocycles. The van der Waals surface area contributed by atoms with Crippen molar-refractivity contribution in [3.05, 3.63) is 119 Å². The molecule has 208 valence electrons. The molecule has 0 amide bonds. The summed E-state index contributed by atoms with van der Waals surface area (Å²) in [4.78, 5) is 0. The van der Waals surface area contributed by atoms with E-state index < -0.39 is 14.4 Å². The normalized spacial score (nSPS) is 14.1. The molecule has 0 saturated heterocycles. The van der Waals surface area contributed by atoms with Gasteiger partial charge >= 0.3 is 0 Å². The highest BCUT2D eigenvalue weighted by Crippen LogP contribution is 2.42. The monoisotopic (exact) mass is 550 g/mol. The first-order valence-electron chi connectivity index (χ1n) is 14.4. The SMILES string of the molecule is CC(O)c1ccc2oc3ccc(C(Cc4ccccc4CCc4ccccc4)O[Si](C)(C)C(C)(C)C)cc3c2c1. The molecule has 1 aromatic heterocycles. The van der Waals surface area contributed by atoms with E-state index in [0.29, 0.717) is 0 Å². The van der Waals surface area contributed by atoms with Crippen LogP contribution in [0.3, 0.4) is 0 Å². The third kappa shape index (κ3) is 6.10. The summed E-state index contributed by atoms with van der Waals surface area (Å²) >= 11 is 0. The van der Waals surface area contributed by atoms with Gasteiger partial charge in [-0.05, 0) is 90.0 Å². The Hall–Kier alpha value is -3.18. The fraction of sp³-hybridized carbons (Fsp3) is 0.333. The van der Waals surface area contributed by atoms with Gasteiger partial charge in [-0.3, -0.25) is 0 Å². The third-order valence-corrected chi connectivity index (χ3v) is 13.2. The predicted molar refractivity (Wildman–Crippen MR) is 169 cm³/mol. The summed E-state index contributed by atoms with van der Waals surface area (Å²) in [6.45, 7) is 13.4. The first-order valence-corrected chi connectivity index (χ1v) is 17.4. The van der Waals surface area contributed by atoms with Crippen LogP contribution in [0.4, 0.5) is 0 Å². The van der Waals surface area contributed by atoms with E-state index in [4.69, 9.17) is 8.84 Å². The Morgan fingerprint density at radius 1 is 0.750 bits per heavy atom. The van der Waals surface area contributed by atoms with Crippen LogP contribution in [0.5, 0.6) is 0 Å². The van der Waals surface area contributed by atoms with Crippen molar-refractivity contribution < 1.29 is 13.9 Å². The Morgan fingerprint density at radius 3 is 1.95 bits per heavy atom. The lowest BCUT2D eigenvalue weighted by molar-refractivity contribution is 0.183. The van der Waals surface area contributed by atoms with E-state index in [-0.39, 0.29) is 11.1 Å². The molecule has 0 aliphatic heterocycles. The Kier molecular flexibility index (Phi) is 8.05. The summed E-state index contributed by atoms with van der Waals surface area (Å²) in [5, 5.41) is 12.4. The Bertz CT molecular complexity index is 1590. The van der Waals surface area contributed by atoms with Crippen molar-refractivity contribution in [1.82, 2.24) is 0 Å². The van der Waals surface area contributed by atoms with E-state index in [1.54, 1.807) is 6.92 Å². The molecule has 0 fully saturated rings. The summed E-state index contributed by atoms with van der Waals surface area (Å²) in [6.07, 6.45) is 2.23. The van der Waals surface area contributed by atoms with Crippen LogP contribution < -0.4 is 0 Å². The van der Waals surface area contributed by atoms with Crippen molar-refractivity contribution in [3.8, 4) is 0 Å². The van der Waals surface area contributed by atoms with Gasteiger partial charge in [-0.1, -0.05) is 87.5 Å². The maximum Gasteiger partial charge on any atom is 0.192 e. The molecule has 0 spiro atoms. The van der Waals surface area contributed by atoms with Gasteiger partial charge in [0.1, 0.15) is 11.2 Å². The summed E-state index contributed by atoms with van der Waals surface area (Å²) in [5.74, 6) is 0. The Morgan fingerprint density at radius 2 is 1.32 bits per heavy atom. The number of hydrogen-bond donors (Lipinski definition) is 1. The molecule has 1 heterocycles. The van der Waals surface area contributed by atoms with Gasteiger partial charge in [0, 0.05) is 17.2 Å². The van der Waals surface area contributed by atoms with Gasteiger partial charge in [0.15, 0.2) is 8.32 Å². The molecule has 5 rings (SSSR count). The molecule has 2 atom stereocenters. The first-order chi connectivity index (χ1) is 19.0. The number of benzene rings is 4. The highest BCUT2D eigenvalue weighted by Gasteiger charge is 2.39. The lowest BCUT2D eigenvalue weighted by Gasteiger charge is -2.39. The van der Waals surface area contributed by atoms with Crippen LogP contribution in [-0.4, -0.2) is 13.4 Å². The maximum atomic E-state index is 10.2. The van der Waals surface area contributed by atoms with Crippen LogP contribution in [0.15, 0.2) is 95.4 Å². The smallest absolute Gasteiger partial charge is 0.192 e. The molecule has 0 aliphatic carbocycles. The van der Waals surface area contributed by atoms with Crippen LogP contribution in [0.1, 0.15) is 67.7 Å². The molecule has 1 N–H and O–H groups in total. The molecule has 0 saturated carbocycles. The minimum atomic E-state index is -2.08. The van der Waals surface area contributed by atoms with Crippen molar-refractivity contribution in [3.63, 3.8) is 0 Å². The number of hydrogen-bond acceptors (Lipinski definition) is 3. The number of aliphatic hydroxyl groups is 1. The molecule has 0 aliphatic rings. The first kappa shape index (κ1) is 28.3. The van der Waals surface area contributed by atoms with Crippen LogP contribution in [0, 0.1) is 0 Å². The average molecular weight is 551 g/mol. The third-order valence-electron chi connectivity index (χ3n) is 8.66. The largest absolute Gasteiger partial charge is 0.456 e. The van der Waals surface area contributed by atoms with E-state index >= 15 is 0 Å². The second-order valence-corrected chi connectivity index (χ2v) is 17.4. The van der Waals surface area contributed by atoms with Gasteiger partial charge in [-0.25, -0.2) is 0 Å². The fourth-order valence-corrected chi connectivity index (χ4v) is 6.44. The van der Waals surface area contributed by atoms with E-state index in [2.05, 4.69) is 113 Å². The number of furan rings is 1. The molecule has 0 radical (unpaired) electrons. The molecule has 40 heavy (non-hydrogen) atoms. The maximum absolute atomic E-state index is 10.2. The van der Waals surface area contributed by atoms with Crippen LogP contribution in [0.2, 0.25) is 18.1 Å². The molecule has 5 aromatic rings. The fourth-order valence-electron chi connectivity index (χ4n) is 5.16. The summed E-state index contributed by atoms with van der Waals surface area (Å²) < 4.78 is 13.4. The minimum Gasteiger partial charge on any atom is -0.456 e. The quantitative estimate of drug-likeness (QED) is 0.186. The highest BCUT2D eigenvalue weighted by molar-refractivity contribution is 6.74. The number of rotatable bonds is 9. The zero-order valence-corrected chi connectivity index (χ0v) is 25.7. The van der Waals surface area contributed by atoms with Crippen molar-refractivity contribution >= 4 is 30.3 Å². The van der Waals surface area contributed by atoms with Crippen LogP contribution in [0.25, 0.3) is 21.9 Å². The zero-order valence-electron chi connectivity index (χ0n) is 24.7. The molecule has 0 bridgehead atoms. The zero-order chi connectivity index (χ0) is 28.5. The van der Waals surface area contributed by atoms with Gasteiger partial charge in [0.25, 0.3) is 0 Å². The number of fused-ring (bicyclic) bond motifs is 3. The number of aryl methyl sites for hydroxylation is 2. The van der Waals surface area contributed by atoms with Crippen molar-refractivity contribution in [2.45, 2.75) is 77.3 Å². The predicted octanol–water partition coefficient (Wildman–Crippen LogP) is 9.73. The van der Waals surface area contributed by atoms with E-state index in [1.807, 2.05) is 12.1 Å². The van der Waals surface area contributed by atoms with E-state index in [9.17, 15) is 5.11 Å². The van der Waals surface area contributed by atoms with Gasteiger partial charge < -0.3 is 13.9 Å². The van der Waals surface area contributed by atoms with Crippen molar-refractivity contribution in [2.24, 2.45) is 0 Å². The van der Waals surface area contributed by atoms with E-state index in [1.165, 1.54) is 22.3 Å². The molecular formula is C36H42O3Si. The van der Waals surface area contributed by atoms with Crippen molar-refractivity contribution in [2.75, 3.05) is 0 Å². The second-order valence-electron chi connectivity index (χ2n) is 12.6. The average Bonchev–Trinajstić information content (AvgIpc) is 3.29. The highest BCUT2D eigenvalue weighted by atomic mass is 28.4. The summed E-state index contributed by atoms with van der Waals surface area (Å²) in [5.41, 5.74) is 7.84. The standard InChI is InChI=1S/C36H42O3Si/c1-25(37)28-18-20-33-31(22-28)32-23-30(19-21-34(32)38-33)35(39-40(5,6)36(2,3)4)24-29-15-11-10-14-27(29)17-16-26-12-8-7-9-13-26/h7-15,18-23,25,35,37H,16-17,24H2,1-6H3. The van der Waals surface area contributed by atoms with Crippen LogP contribution in [-0.2, 0) is 23.7 Å². The Balaban J connectivity index is 1.54. The van der Waals surface area contributed by atoms with Crippen molar-refractivity contribution in [1.29, 1.82) is 0 Å². The summed E-state index contributed by atoms with van der Waals surface area (Å²) in [6, 6.07) is 32.0. The Labute approximate surface area is 239 Å². The number of aliphatic hydroxyl groups excluding tert-OH is 1.